The lowest BCUT2D eigenvalue weighted by Crippen LogP contribution is -2.37. The third kappa shape index (κ3) is 3.94. The van der Waals surface area contributed by atoms with Gasteiger partial charge in [-0.25, -0.2) is 9.78 Å². The fourth-order valence-electron chi connectivity index (χ4n) is 2.20. The molecule has 25 heavy (non-hydrogen) atoms. The largest absolute Gasteiger partial charge is 0.448 e. The van der Waals surface area contributed by atoms with E-state index >= 15 is 0 Å². The summed E-state index contributed by atoms with van der Waals surface area (Å²) in [6.07, 6.45) is -0.899. The summed E-state index contributed by atoms with van der Waals surface area (Å²) in [4.78, 5) is 31.5. The summed E-state index contributed by atoms with van der Waals surface area (Å²) in [5.74, 6) is -0.894. The molecule has 0 aliphatic rings. The van der Waals surface area contributed by atoms with Gasteiger partial charge in [-0.15, -0.1) is 22.7 Å². The van der Waals surface area contributed by atoms with E-state index in [0.717, 1.165) is 15.6 Å². The van der Waals surface area contributed by atoms with E-state index in [-0.39, 0.29) is 11.6 Å². The molecule has 0 fully saturated rings. The molecule has 7 heteroatoms. The Balaban J connectivity index is 1.65. The monoisotopic (exact) mass is 372 g/mol. The zero-order valence-electron chi connectivity index (χ0n) is 13.7. The first-order valence-corrected chi connectivity index (χ1v) is 9.35. The number of amides is 1. The van der Waals surface area contributed by atoms with Crippen molar-refractivity contribution in [3.05, 3.63) is 58.9 Å². The zero-order chi connectivity index (χ0) is 17.8. The molecule has 0 spiro atoms. The highest BCUT2D eigenvalue weighted by Gasteiger charge is 2.24. The lowest BCUT2D eigenvalue weighted by Gasteiger charge is -2.21. The number of benzene rings is 1. The first-order valence-electron chi connectivity index (χ1n) is 7.59. The van der Waals surface area contributed by atoms with Gasteiger partial charge in [-0.1, -0.05) is 24.3 Å². The predicted octanol–water partition coefficient (Wildman–Crippen LogP) is 4.08. The summed E-state index contributed by atoms with van der Waals surface area (Å²) in [7, 11) is 1.65. The van der Waals surface area contributed by atoms with Crippen molar-refractivity contribution < 1.29 is 14.3 Å². The summed E-state index contributed by atoms with van der Waals surface area (Å²) in [6, 6.07) is 13.1. The summed E-state index contributed by atoms with van der Waals surface area (Å²) >= 11 is 2.93. The molecule has 0 saturated heterocycles. The molecule has 1 amide bonds. The number of hydrogen-bond donors (Lipinski definition) is 0. The maximum atomic E-state index is 12.4. The summed E-state index contributed by atoms with van der Waals surface area (Å²) in [5.41, 5.74) is 0.958. The van der Waals surface area contributed by atoms with Crippen LogP contribution in [0, 0.1) is 0 Å². The second-order valence-electron chi connectivity index (χ2n) is 5.30. The van der Waals surface area contributed by atoms with Crippen LogP contribution in [0.2, 0.25) is 0 Å². The molecule has 2 heterocycles. The van der Waals surface area contributed by atoms with Crippen molar-refractivity contribution in [1.82, 2.24) is 4.98 Å². The van der Waals surface area contributed by atoms with Gasteiger partial charge in [0.2, 0.25) is 0 Å². The minimum absolute atomic E-state index is 0.218. The number of para-hydroxylation sites is 1. The smallest absolute Gasteiger partial charge is 0.358 e. The topological polar surface area (TPSA) is 59.5 Å². The van der Waals surface area contributed by atoms with Crippen LogP contribution < -0.4 is 4.90 Å². The van der Waals surface area contributed by atoms with Crippen LogP contribution in [-0.4, -0.2) is 30.0 Å². The van der Waals surface area contributed by atoms with Crippen LogP contribution in [-0.2, 0) is 9.53 Å². The van der Waals surface area contributed by atoms with Crippen LogP contribution in [0.15, 0.2) is 53.2 Å². The van der Waals surface area contributed by atoms with Gasteiger partial charge in [-0.2, -0.15) is 0 Å². The molecule has 128 valence electrons. The minimum Gasteiger partial charge on any atom is -0.448 e. The first kappa shape index (κ1) is 17.3. The van der Waals surface area contributed by atoms with Gasteiger partial charge in [0.15, 0.2) is 11.8 Å². The Kier molecular flexibility index (Phi) is 5.25. The van der Waals surface area contributed by atoms with Crippen molar-refractivity contribution in [2.45, 2.75) is 13.0 Å². The van der Waals surface area contributed by atoms with Crippen molar-refractivity contribution in [2.24, 2.45) is 0 Å². The molecule has 0 unspecified atom stereocenters. The lowest BCUT2D eigenvalue weighted by molar-refractivity contribution is -0.126. The number of carbonyl (C=O) groups excluding carboxylic acids is 2. The van der Waals surface area contributed by atoms with E-state index in [2.05, 4.69) is 4.98 Å². The van der Waals surface area contributed by atoms with E-state index in [1.807, 2.05) is 47.8 Å². The summed E-state index contributed by atoms with van der Waals surface area (Å²) in [5, 5.41) is 4.37. The Morgan fingerprint density at radius 3 is 2.56 bits per heavy atom. The molecule has 1 aromatic carbocycles. The van der Waals surface area contributed by atoms with E-state index in [1.54, 1.807) is 30.7 Å². The van der Waals surface area contributed by atoms with E-state index in [4.69, 9.17) is 4.74 Å². The Bertz CT molecular complexity index is 860. The Morgan fingerprint density at radius 1 is 1.12 bits per heavy atom. The average Bonchev–Trinajstić information content (AvgIpc) is 3.32. The number of hydrogen-bond acceptors (Lipinski definition) is 6. The van der Waals surface area contributed by atoms with E-state index < -0.39 is 12.1 Å². The molecule has 0 saturated carbocycles. The number of thiazole rings is 1. The molecule has 0 radical (unpaired) electrons. The van der Waals surface area contributed by atoms with Crippen molar-refractivity contribution in [3.8, 4) is 9.88 Å². The zero-order valence-corrected chi connectivity index (χ0v) is 15.3. The second-order valence-corrected chi connectivity index (χ2v) is 7.10. The number of aromatic nitrogens is 1. The molecule has 0 N–H and O–H groups in total. The number of nitrogens with zero attached hydrogens (tertiary/aromatic N) is 2. The van der Waals surface area contributed by atoms with Gasteiger partial charge < -0.3 is 9.64 Å². The van der Waals surface area contributed by atoms with Gasteiger partial charge >= 0.3 is 5.97 Å². The fraction of sp³-hybridized carbons (Fsp3) is 0.167. The molecule has 1 atom stereocenters. The summed E-state index contributed by atoms with van der Waals surface area (Å²) in [6.45, 7) is 1.56. The van der Waals surface area contributed by atoms with Crippen LogP contribution >= 0.6 is 22.7 Å². The molecule has 0 aliphatic heterocycles. The van der Waals surface area contributed by atoms with Gasteiger partial charge in [0.25, 0.3) is 5.91 Å². The lowest BCUT2D eigenvalue weighted by atomic mass is 10.2. The molecular weight excluding hydrogens is 356 g/mol. The fourth-order valence-corrected chi connectivity index (χ4v) is 3.81. The molecule has 0 bridgehead atoms. The quantitative estimate of drug-likeness (QED) is 0.633. The van der Waals surface area contributed by atoms with Crippen molar-refractivity contribution in [1.29, 1.82) is 0 Å². The molecular formula is C18H16N2O3S2. The van der Waals surface area contributed by atoms with Gasteiger partial charge in [0, 0.05) is 18.1 Å². The maximum absolute atomic E-state index is 12.4. The highest BCUT2D eigenvalue weighted by atomic mass is 32.1. The van der Waals surface area contributed by atoms with Gasteiger partial charge in [0.05, 0.1) is 4.88 Å². The molecule has 5 nitrogen and oxygen atoms in total. The van der Waals surface area contributed by atoms with Crippen molar-refractivity contribution in [2.75, 3.05) is 11.9 Å². The van der Waals surface area contributed by atoms with Crippen molar-refractivity contribution in [3.63, 3.8) is 0 Å². The number of anilines is 1. The predicted molar refractivity (Wildman–Crippen MR) is 100 cm³/mol. The maximum Gasteiger partial charge on any atom is 0.358 e. The molecule has 3 aromatic rings. The number of carbonyl (C=O) groups is 2. The van der Waals surface area contributed by atoms with Crippen LogP contribution in [0.3, 0.4) is 0 Å². The van der Waals surface area contributed by atoms with Gasteiger partial charge in [-0.3, -0.25) is 4.79 Å². The normalized spacial score (nSPS) is 11.8. The van der Waals surface area contributed by atoms with E-state index in [0.29, 0.717) is 0 Å². The highest BCUT2D eigenvalue weighted by Crippen LogP contribution is 2.28. The molecule has 3 rings (SSSR count). The third-order valence-corrected chi connectivity index (χ3v) is 5.43. The van der Waals surface area contributed by atoms with Crippen LogP contribution in [0.1, 0.15) is 17.4 Å². The average molecular weight is 372 g/mol. The number of ether oxygens (including phenoxy) is 1. The van der Waals surface area contributed by atoms with Crippen LogP contribution in [0.25, 0.3) is 9.88 Å². The van der Waals surface area contributed by atoms with Gasteiger partial charge in [-0.05, 0) is 30.5 Å². The minimum atomic E-state index is -0.899. The third-order valence-electron chi connectivity index (χ3n) is 3.55. The van der Waals surface area contributed by atoms with E-state index in [1.165, 1.54) is 16.2 Å². The standard InChI is InChI=1S/C18H16N2O3S2/c1-12(17(21)20(2)13-7-4-3-5-8-13)23-18(22)14-11-25-16(19-14)15-9-6-10-24-15/h3-12H,1-2H3/t12-/m0/s1. The van der Waals surface area contributed by atoms with Crippen LogP contribution in [0.5, 0.6) is 0 Å². The number of rotatable bonds is 5. The summed E-state index contributed by atoms with van der Waals surface area (Å²) < 4.78 is 5.29. The number of thiophene rings is 1. The Labute approximate surface area is 153 Å². The molecule has 0 aliphatic carbocycles. The van der Waals surface area contributed by atoms with Crippen LogP contribution in [0.4, 0.5) is 5.69 Å². The van der Waals surface area contributed by atoms with Crippen molar-refractivity contribution >= 4 is 40.2 Å². The Hall–Kier alpha value is -2.51. The number of likely N-dealkylation sites (N-methyl/N-ethyl adjacent to an activating group) is 1. The Morgan fingerprint density at radius 2 is 1.88 bits per heavy atom. The van der Waals surface area contributed by atoms with Gasteiger partial charge in [0.1, 0.15) is 5.01 Å². The number of esters is 1. The SMILES string of the molecule is C[C@H](OC(=O)c1csc(-c2cccs2)n1)C(=O)N(C)c1ccccc1. The molecule has 2 aromatic heterocycles. The highest BCUT2D eigenvalue weighted by molar-refractivity contribution is 7.20. The van der Waals surface area contributed by atoms with E-state index in [9.17, 15) is 9.59 Å². The second kappa shape index (κ2) is 7.58. The first-order chi connectivity index (χ1) is 12.1.